The summed E-state index contributed by atoms with van der Waals surface area (Å²) in [5.74, 6) is -1.25. The second kappa shape index (κ2) is 12.6. The largest absolute Gasteiger partial charge is 0.390 e. The van der Waals surface area contributed by atoms with Crippen LogP contribution in [0.1, 0.15) is 42.5 Å². The maximum Gasteiger partial charge on any atom is 0.126 e. The molecule has 1 aromatic carbocycles. The van der Waals surface area contributed by atoms with E-state index in [0.717, 1.165) is 31.9 Å². The quantitative estimate of drug-likeness (QED) is 0.365. The van der Waals surface area contributed by atoms with Crippen molar-refractivity contribution in [1.82, 2.24) is 5.32 Å². The Morgan fingerprint density at radius 1 is 1.04 bits per heavy atom. The highest BCUT2D eigenvalue weighted by Crippen LogP contribution is 2.23. The Hall–Kier alpha value is -0.860. The molecule has 1 aromatic heterocycles. The first-order valence-corrected chi connectivity index (χ1v) is 11.4. The van der Waals surface area contributed by atoms with Crippen LogP contribution in [0, 0.1) is 11.6 Å². The number of thiophene rings is 1. The predicted octanol–water partition coefficient (Wildman–Crippen LogP) is 4.80. The molecule has 0 aliphatic carbocycles. The molecule has 0 spiro atoms. The number of benzene rings is 1. The first-order chi connectivity index (χ1) is 13.4. The van der Waals surface area contributed by atoms with Crippen molar-refractivity contribution in [3.8, 4) is 0 Å². The van der Waals surface area contributed by atoms with Crippen LogP contribution in [0.5, 0.6) is 0 Å². The van der Waals surface area contributed by atoms with Gasteiger partial charge in [-0.2, -0.15) is 0 Å². The summed E-state index contributed by atoms with van der Waals surface area (Å²) in [6.07, 6.45) is 6.50. The Kier molecular flexibility index (Phi) is 10.6. The molecular formula is C21H29BrF2N2OS. The van der Waals surface area contributed by atoms with Gasteiger partial charge in [0.25, 0.3) is 0 Å². The van der Waals surface area contributed by atoms with E-state index in [-0.39, 0.29) is 6.42 Å². The topological polar surface area (TPSA) is 58.3 Å². The molecule has 2 atom stereocenters. The van der Waals surface area contributed by atoms with E-state index in [0.29, 0.717) is 12.1 Å². The number of rotatable bonds is 13. The SMILES string of the molecule is N[C@@H](Cc1cc(F)cc(F)c1)[C@H](O)CNCCCCCCCc1ccc(Br)s1. The van der Waals surface area contributed by atoms with Crippen LogP contribution < -0.4 is 11.1 Å². The second-order valence-corrected chi connectivity index (χ2v) is 9.69. The lowest BCUT2D eigenvalue weighted by Crippen LogP contribution is -2.43. The summed E-state index contributed by atoms with van der Waals surface area (Å²) in [5, 5.41) is 13.3. The minimum atomic E-state index is -0.753. The molecule has 2 rings (SSSR count). The van der Waals surface area contributed by atoms with Gasteiger partial charge < -0.3 is 16.2 Å². The summed E-state index contributed by atoms with van der Waals surface area (Å²) in [7, 11) is 0. The third kappa shape index (κ3) is 9.09. The molecule has 4 N–H and O–H groups in total. The lowest BCUT2D eigenvalue weighted by Gasteiger charge is -2.19. The lowest BCUT2D eigenvalue weighted by molar-refractivity contribution is 0.141. The van der Waals surface area contributed by atoms with Crippen LogP contribution in [0.15, 0.2) is 34.1 Å². The van der Waals surface area contributed by atoms with E-state index in [1.165, 1.54) is 40.1 Å². The summed E-state index contributed by atoms with van der Waals surface area (Å²) >= 11 is 5.29. The molecule has 0 saturated heterocycles. The van der Waals surface area contributed by atoms with E-state index < -0.39 is 23.8 Å². The number of halogens is 3. The molecule has 0 radical (unpaired) electrons. The van der Waals surface area contributed by atoms with E-state index >= 15 is 0 Å². The highest BCUT2D eigenvalue weighted by molar-refractivity contribution is 9.11. The van der Waals surface area contributed by atoms with Gasteiger partial charge in [-0.05, 0) is 78.0 Å². The molecule has 2 aromatic rings. The monoisotopic (exact) mass is 474 g/mol. The molecule has 0 fully saturated rings. The molecule has 3 nitrogen and oxygen atoms in total. The van der Waals surface area contributed by atoms with Gasteiger partial charge in [0, 0.05) is 23.5 Å². The summed E-state index contributed by atoms with van der Waals surface area (Å²) in [6.45, 7) is 1.21. The van der Waals surface area contributed by atoms with Gasteiger partial charge >= 0.3 is 0 Å². The zero-order valence-corrected chi connectivity index (χ0v) is 18.4. The minimum absolute atomic E-state index is 0.234. The molecule has 1 heterocycles. The Morgan fingerprint density at radius 2 is 1.71 bits per heavy atom. The standard InChI is InChI=1S/C21H29BrF2N2OS/c22-21-8-7-18(28-21)6-4-2-1-3-5-9-26-14-20(27)19(25)12-15-10-16(23)13-17(24)11-15/h7-8,10-11,13,19-20,26-27H,1-6,9,12,14,25H2/t19-,20+/m0/s1. The highest BCUT2D eigenvalue weighted by atomic mass is 79.9. The highest BCUT2D eigenvalue weighted by Gasteiger charge is 2.15. The van der Waals surface area contributed by atoms with Crippen LogP contribution in [0.2, 0.25) is 0 Å². The van der Waals surface area contributed by atoms with Gasteiger partial charge in [-0.25, -0.2) is 8.78 Å². The van der Waals surface area contributed by atoms with E-state index in [1.807, 2.05) is 0 Å². The number of aryl methyl sites for hydroxylation is 1. The van der Waals surface area contributed by atoms with Crippen LogP contribution in [0.3, 0.4) is 0 Å². The van der Waals surface area contributed by atoms with Gasteiger partial charge in [-0.1, -0.05) is 19.3 Å². The van der Waals surface area contributed by atoms with Crippen LogP contribution in [-0.4, -0.2) is 30.3 Å². The number of aliphatic hydroxyl groups is 1. The molecule has 0 unspecified atom stereocenters. The van der Waals surface area contributed by atoms with Gasteiger partial charge in [-0.3, -0.25) is 0 Å². The van der Waals surface area contributed by atoms with E-state index in [9.17, 15) is 13.9 Å². The van der Waals surface area contributed by atoms with Crippen LogP contribution >= 0.6 is 27.3 Å². The fraction of sp³-hybridized carbons (Fsp3) is 0.524. The molecule has 156 valence electrons. The lowest BCUT2D eigenvalue weighted by atomic mass is 10.0. The first-order valence-electron chi connectivity index (χ1n) is 9.77. The van der Waals surface area contributed by atoms with E-state index in [1.54, 1.807) is 11.3 Å². The van der Waals surface area contributed by atoms with Crippen molar-refractivity contribution in [2.75, 3.05) is 13.1 Å². The van der Waals surface area contributed by atoms with Crippen molar-refractivity contribution < 1.29 is 13.9 Å². The van der Waals surface area contributed by atoms with Gasteiger partial charge in [0.15, 0.2) is 0 Å². The van der Waals surface area contributed by atoms with Gasteiger partial charge in [0.2, 0.25) is 0 Å². The average Bonchev–Trinajstić information content (AvgIpc) is 3.04. The molecule has 7 heteroatoms. The number of aliphatic hydroxyl groups excluding tert-OH is 1. The van der Waals surface area contributed by atoms with Crippen molar-refractivity contribution >= 4 is 27.3 Å². The van der Waals surface area contributed by atoms with Gasteiger partial charge in [-0.15, -0.1) is 11.3 Å². The molecule has 0 amide bonds. The molecule has 28 heavy (non-hydrogen) atoms. The number of nitrogens with two attached hydrogens (primary N) is 1. The summed E-state index contributed by atoms with van der Waals surface area (Å²) in [6, 6.07) is 7.04. The summed E-state index contributed by atoms with van der Waals surface area (Å²) in [4.78, 5) is 1.43. The van der Waals surface area contributed by atoms with Crippen molar-refractivity contribution in [2.45, 2.75) is 57.1 Å². The Morgan fingerprint density at radius 3 is 2.39 bits per heavy atom. The molecule has 0 aliphatic heterocycles. The molecule has 0 saturated carbocycles. The number of unbranched alkanes of at least 4 members (excludes halogenated alkanes) is 4. The zero-order valence-electron chi connectivity index (χ0n) is 16.0. The third-order valence-corrected chi connectivity index (χ3v) is 6.33. The van der Waals surface area contributed by atoms with Crippen LogP contribution in [-0.2, 0) is 12.8 Å². The van der Waals surface area contributed by atoms with Crippen molar-refractivity contribution in [1.29, 1.82) is 0 Å². The maximum absolute atomic E-state index is 13.2. The molecule has 0 bridgehead atoms. The smallest absolute Gasteiger partial charge is 0.126 e. The Bertz CT molecular complexity index is 693. The first kappa shape index (κ1) is 23.4. The van der Waals surface area contributed by atoms with Crippen molar-refractivity contribution in [3.05, 3.63) is 56.2 Å². The minimum Gasteiger partial charge on any atom is -0.390 e. The van der Waals surface area contributed by atoms with E-state index in [2.05, 4.69) is 33.4 Å². The summed E-state index contributed by atoms with van der Waals surface area (Å²) < 4.78 is 27.6. The van der Waals surface area contributed by atoms with Crippen LogP contribution in [0.25, 0.3) is 0 Å². The molecular weight excluding hydrogens is 446 g/mol. The van der Waals surface area contributed by atoms with Crippen molar-refractivity contribution in [2.24, 2.45) is 5.73 Å². The fourth-order valence-corrected chi connectivity index (χ4v) is 4.63. The van der Waals surface area contributed by atoms with Crippen LogP contribution in [0.4, 0.5) is 8.78 Å². The maximum atomic E-state index is 13.2. The second-order valence-electron chi connectivity index (χ2n) is 7.14. The fourth-order valence-electron chi connectivity index (χ4n) is 3.10. The number of hydrogen-bond donors (Lipinski definition) is 3. The summed E-state index contributed by atoms with van der Waals surface area (Å²) in [5.41, 5.74) is 6.41. The number of nitrogens with one attached hydrogen (secondary N) is 1. The molecule has 0 aliphatic rings. The van der Waals surface area contributed by atoms with Crippen molar-refractivity contribution in [3.63, 3.8) is 0 Å². The van der Waals surface area contributed by atoms with Gasteiger partial charge in [0.1, 0.15) is 11.6 Å². The zero-order chi connectivity index (χ0) is 20.4. The normalized spacial score (nSPS) is 13.6. The Labute approximate surface area is 178 Å². The Balaban J connectivity index is 1.49. The third-order valence-electron chi connectivity index (χ3n) is 4.65. The predicted molar refractivity (Wildman–Crippen MR) is 116 cm³/mol. The van der Waals surface area contributed by atoms with Gasteiger partial charge in [0.05, 0.1) is 9.89 Å². The van der Waals surface area contributed by atoms with E-state index in [4.69, 9.17) is 5.73 Å². The number of hydrogen-bond acceptors (Lipinski definition) is 4. The average molecular weight is 475 g/mol.